The number of nitrogens with zero attached hydrogens (tertiary/aromatic N) is 7. The summed E-state index contributed by atoms with van der Waals surface area (Å²) in [5, 5.41) is 4.10. The van der Waals surface area contributed by atoms with E-state index in [2.05, 4.69) is 91.5 Å². The lowest BCUT2D eigenvalue weighted by atomic mass is 10.1. The molecule has 0 amide bonds. The molecule has 4 aromatic carbocycles. The Morgan fingerprint density at radius 3 is 1.19 bits per heavy atom. The Balaban J connectivity index is 1.57. The minimum absolute atomic E-state index is 0.759. The molecule has 204 valence electrons. The number of rotatable bonds is 0. The molecule has 0 aliphatic carbocycles. The monoisotopic (exact) mass is 558 g/mol. The molecule has 0 atom stereocenters. The quantitative estimate of drug-likeness (QED) is 0.241. The summed E-state index contributed by atoms with van der Waals surface area (Å²) in [6.45, 7) is 0. The van der Waals surface area contributed by atoms with Gasteiger partial charge in [-0.1, -0.05) is 68.5 Å². The van der Waals surface area contributed by atoms with Crippen molar-refractivity contribution in [3.05, 3.63) is 97.1 Å². The molecule has 43 heavy (non-hydrogen) atoms. The van der Waals surface area contributed by atoms with Crippen molar-refractivity contribution in [3.8, 4) is 45.6 Å². The second-order valence-electron chi connectivity index (χ2n) is 11.1. The van der Waals surface area contributed by atoms with E-state index >= 15 is 0 Å². The van der Waals surface area contributed by atoms with E-state index in [9.17, 15) is 0 Å². The van der Waals surface area contributed by atoms with Gasteiger partial charge in [0.15, 0.2) is 0 Å². The summed E-state index contributed by atoms with van der Waals surface area (Å²) in [7, 11) is 6.11. The fraction of sp³-hybridized carbons (Fsp3) is 0.0857. The van der Waals surface area contributed by atoms with Gasteiger partial charge in [-0.05, 0) is 48.5 Å². The van der Waals surface area contributed by atoms with Crippen molar-refractivity contribution >= 4 is 44.1 Å². The van der Waals surface area contributed by atoms with Crippen molar-refractivity contribution in [1.29, 1.82) is 0 Å². The van der Waals surface area contributed by atoms with Gasteiger partial charge < -0.3 is 0 Å². The smallest absolute Gasteiger partial charge is 0.273 e. The Kier molecular flexibility index (Phi) is 4.79. The fourth-order valence-electron chi connectivity index (χ4n) is 6.55. The zero-order chi connectivity index (χ0) is 28.8. The molecule has 0 fully saturated rings. The third-order valence-electron chi connectivity index (χ3n) is 8.67. The minimum Gasteiger partial charge on any atom is -0.296 e. The molecule has 8 bridgehead atoms. The van der Waals surface area contributed by atoms with Crippen LogP contribution < -0.4 is 9.13 Å². The first-order valence-corrected chi connectivity index (χ1v) is 14.3. The van der Waals surface area contributed by atoms with E-state index in [0.29, 0.717) is 0 Å². The highest BCUT2D eigenvalue weighted by molar-refractivity contribution is 6.06. The van der Waals surface area contributed by atoms with Crippen molar-refractivity contribution in [2.75, 3.05) is 0 Å². The van der Waals surface area contributed by atoms with Gasteiger partial charge in [-0.15, -0.1) is 0 Å². The molecule has 5 heterocycles. The van der Waals surface area contributed by atoms with E-state index in [0.717, 1.165) is 89.7 Å². The molecule has 0 spiro atoms. The molecule has 0 saturated carbocycles. The van der Waals surface area contributed by atoms with E-state index < -0.39 is 0 Å². The summed E-state index contributed by atoms with van der Waals surface area (Å²) in [6.07, 6.45) is 0. The molecule has 2 aliphatic heterocycles. The Morgan fingerprint density at radius 1 is 0.465 bits per heavy atom. The summed E-state index contributed by atoms with van der Waals surface area (Å²) in [6, 6.07) is 33.3. The summed E-state index contributed by atoms with van der Waals surface area (Å²) >= 11 is 0. The van der Waals surface area contributed by atoms with Crippen molar-refractivity contribution in [2.24, 2.45) is 21.1 Å². The first-order chi connectivity index (χ1) is 21.1. The molecular formula is C35H26N8+2. The highest BCUT2D eigenvalue weighted by atomic mass is 15.2. The van der Waals surface area contributed by atoms with Gasteiger partial charge in [-0.2, -0.15) is 0 Å². The lowest BCUT2D eigenvalue weighted by Crippen LogP contribution is -2.31. The number of benzene rings is 4. The van der Waals surface area contributed by atoms with Gasteiger partial charge in [0, 0.05) is 28.6 Å². The second-order valence-corrected chi connectivity index (χ2v) is 11.1. The number of nitrogens with one attached hydrogen (secondary N) is 1. The summed E-state index contributed by atoms with van der Waals surface area (Å²) in [5.74, 6) is 3.34. The fourth-order valence-corrected chi connectivity index (χ4v) is 6.55. The first-order valence-electron chi connectivity index (χ1n) is 14.3. The maximum atomic E-state index is 5.34. The lowest BCUT2D eigenvalue weighted by Gasteiger charge is -1.94. The highest BCUT2D eigenvalue weighted by Gasteiger charge is 2.31. The van der Waals surface area contributed by atoms with Crippen molar-refractivity contribution in [1.82, 2.24) is 29.5 Å². The van der Waals surface area contributed by atoms with Gasteiger partial charge >= 0.3 is 0 Å². The molecular weight excluding hydrogens is 532 g/mol. The molecule has 0 unspecified atom stereocenters. The Labute approximate surface area is 246 Å². The molecule has 8 heteroatoms. The predicted molar refractivity (Wildman–Crippen MR) is 167 cm³/mol. The Bertz CT molecular complexity index is 2330. The number of hydrogen-bond acceptors (Lipinski definition) is 4. The number of H-pyrrole nitrogens is 1. The molecule has 2 aliphatic rings. The van der Waals surface area contributed by atoms with Crippen LogP contribution in [0.3, 0.4) is 0 Å². The average Bonchev–Trinajstić information content (AvgIpc) is 3.69. The predicted octanol–water partition coefficient (Wildman–Crippen LogP) is 5.74. The topological polar surface area (TPSA) is 80.0 Å². The Hall–Kier alpha value is -5.76. The SMILES string of the molecule is Cn1c2nc3[n+](C)c(nc4[nH]c(nc5[n+](C)c(nc1c1ccccc12)-c1ccccc1-5)c1ccccc41)-c1ccccc1-3. The van der Waals surface area contributed by atoms with Crippen LogP contribution in [0.5, 0.6) is 0 Å². The van der Waals surface area contributed by atoms with Crippen LogP contribution >= 0.6 is 0 Å². The first kappa shape index (κ1) is 23.9. The van der Waals surface area contributed by atoms with Gasteiger partial charge in [0.05, 0.1) is 36.3 Å². The minimum atomic E-state index is 0.759. The summed E-state index contributed by atoms with van der Waals surface area (Å²) in [4.78, 5) is 24.8. The average molecular weight is 559 g/mol. The van der Waals surface area contributed by atoms with Crippen LogP contribution in [-0.4, -0.2) is 29.5 Å². The van der Waals surface area contributed by atoms with Gasteiger partial charge in [-0.25, -0.2) is 9.13 Å². The van der Waals surface area contributed by atoms with Crippen LogP contribution in [0.25, 0.3) is 89.7 Å². The molecule has 7 aromatic rings. The molecule has 0 radical (unpaired) electrons. The largest absolute Gasteiger partial charge is 0.296 e. The van der Waals surface area contributed by atoms with Crippen molar-refractivity contribution < 1.29 is 9.13 Å². The number of hydrogen-bond donors (Lipinski definition) is 1. The van der Waals surface area contributed by atoms with Crippen LogP contribution in [0.4, 0.5) is 0 Å². The number of aromatic nitrogens is 8. The van der Waals surface area contributed by atoms with Crippen molar-refractivity contribution in [3.63, 3.8) is 0 Å². The van der Waals surface area contributed by atoms with Crippen LogP contribution in [0.1, 0.15) is 0 Å². The zero-order valence-corrected chi connectivity index (χ0v) is 23.9. The van der Waals surface area contributed by atoms with Crippen LogP contribution in [0.2, 0.25) is 0 Å². The molecule has 3 aromatic heterocycles. The van der Waals surface area contributed by atoms with Gasteiger partial charge in [0.2, 0.25) is 22.6 Å². The molecule has 8 nitrogen and oxygen atoms in total. The maximum Gasteiger partial charge on any atom is 0.273 e. The number of fused-ring (bicyclic) bond motifs is 20. The maximum absolute atomic E-state index is 5.34. The summed E-state index contributed by atoms with van der Waals surface area (Å²) < 4.78 is 6.26. The number of aryl methyl sites for hydroxylation is 1. The third kappa shape index (κ3) is 3.26. The lowest BCUT2D eigenvalue weighted by molar-refractivity contribution is -0.650. The van der Waals surface area contributed by atoms with Crippen LogP contribution in [0, 0.1) is 0 Å². The van der Waals surface area contributed by atoms with E-state index in [1.165, 1.54) is 0 Å². The highest BCUT2D eigenvalue weighted by Crippen LogP contribution is 2.35. The van der Waals surface area contributed by atoms with E-state index in [4.69, 9.17) is 19.9 Å². The molecule has 1 N–H and O–H groups in total. The summed E-state index contributed by atoms with van der Waals surface area (Å²) in [5.41, 5.74) is 7.35. The van der Waals surface area contributed by atoms with Crippen molar-refractivity contribution in [2.45, 2.75) is 0 Å². The van der Waals surface area contributed by atoms with Crippen LogP contribution in [-0.2, 0) is 21.1 Å². The molecule has 9 rings (SSSR count). The molecule has 0 saturated heterocycles. The zero-order valence-electron chi connectivity index (χ0n) is 23.9. The van der Waals surface area contributed by atoms with Gasteiger partial charge in [-0.3, -0.25) is 9.55 Å². The standard InChI is InChI=1S/C35H25N8/c1-41-30-22-14-6-8-16-24(22)32(41)39-34-26-18-10-11-19-27(26)35(43(34)3)40-33-25-17-9-7-15-23(25)31(42(33)2)38-29-21-13-5-4-12-20(21)28(36-29)37-30/h4-19H,1-3H3/q+1/p+1. The Morgan fingerprint density at radius 2 is 0.791 bits per heavy atom. The second kappa shape index (κ2) is 8.62. The van der Waals surface area contributed by atoms with Crippen LogP contribution in [0.15, 0.2) is 97.1 Å². The number of aromatic amines is 1. The third-order valence-corrected chi connectivity index (χ3v) is 8.67. The van der Waals surface area contributed by atoms with Gasteiger partial charge in [0.1, 0.15) is 0 Å². The van der Waals surface area contributed by atoms with Gasteiger partial charge in [0.25, 0.3) is 23.3 Å². The van der Waals surface area contributed by atoms with E-state index in [1.54, 1.807) is 0 Å². The van der Waals surface area contributed by atoms with E-state index in [-0.39, 0.29) is 0 Å². The normalized spacial score (nSPS) is 12.1. The van der Waals surface area contributed by atoms with E-state index in [1.807, 2.05) is 45.4 Å².